The largest absolute Gasteiger partial charge is 0.393 e. The number of aliphatic hydroxyl groups is 1. The fourth-order valence-electron chi connectivity index (χ4n) is 2.86. The molecule has 1 aliphatic rings. The maximum Gasteiger partial charge on any atom is 0.257 e. The number of halogens is 1. The number of aromatic nitrogens is 2. The number of carbonyl (C=O) groups excluding carboxylic acids is 1. The lowest BCUT2D eigenvalue weighted by atomic mass is 9.92. The average Bonchev–Trinajstić information content (AvgIpc) is 2.64. The van der Waals surface area contributed by atoms with Gasteiger partial charge in [0.05, 0.1) is 25.3 Å². The summed E-state index contributed by atoms with van der Waals surface area (Å²) in [6, 6.07) is 6.36. The molecule has 0 unspecified atom stereocenters. The van der Waals surface area contributed by atoms with E-state index in [4.69, 9.17) is 4.74 Å². The molecule has 1 atom stereocenters. The Bertz CT molecular complexity index is 713. The molecule has 7 heteroatoms. The quantitative estimate of drug-likeness (QED) is 0.907. The summed E-state index contributed by atoms with van der Waals surface area (Å²) in [5.41, 5.74) is -0.202. The molecule has 24 heavy (non-hydrogen) atoms. The van der Waals surface area contributed by atoms with Gasteiger partial charge in [-0.25, -0.2) is 14.4 Å². The normalized spacial score (nSPS) is 20.8. The molecule has 1 amide bonds. The van der Waals surface area contributed by atoms with Gasteiger partial charge in [0.1, 0.15) is 17.7 Å². The van der Waals surface area contributed by atoms with Crippen molar-refractivity contribution in [3.63, 3.8) is 0 Å². The van der Waals surface area contributed by atoms with E-state index in [0.29, 0.717) is 17.7 Å². The lowest BCUT2D eigenvalue weighted by Crippen LogP contribution is -2.57. The van der Waals surface area contributed by atoms with Crippen molar-refractivity contribution in [3.05, 3.63) is 59.9 Å². The van der Waals surface area contributed by atoms with Crippen LogP contribution in [0.4, 0.5) is 4.39 Å². The van der Waals surface area contributed by atoms with Crippen LogP contribution >= 0.6 is 0 Å². The van der Waals surface area contributed by atoms with Crippen LogP contribution in [0.3, 0.4) is 0 Å². The molecule has 0 bridgehead atoms. The summed E-state index contributed by atoms with van der Waals surface area (Å²) in [5.74, 6) is -0.584. The molecule has 1 aliphatic heterocycles. The zero-order chi connectivity index (χ0) is 17.0. The minimum absolute atomic E-state index is 0.172. The lowest BCUT2D eigenvalue weighted by molar-refractivity contribution is -0.123. The minimum atomic E-state index is -1.02. The minimum Gasteiger partial charge on any atom is -0.393 e. The first-order valence-electron chi connectivity index (χ1n) is 7.66. The summed E-state index contributed by atoms with van der Waals surface area (Å²) in [5, 5.41) is 9.85. The number of morpholine rings is 1. The molecule has 0 aliphatic carbocycles. The maximum absolute atomic E-state index is 13.9. The monoisotopic (exact) mass is 331 g/mol. The predicted molar refractivity (Wildman–Crippen MR) is 83.8 cm³/mol. The fourth-order valence-corrected chi connectivity index (χ4v) is 2.86. The molecular formula is C17H18FN3O3. The van der Waals surface area contributed by atoms with Crippen molar-refractivity contribution in [1.82, 2.24) is 14.9 Å². The number of aliphatic hydroxyl groups excluding tert-OH is 1. The highest BCUT2D eigenvalue weighted by atomic mass is 19.1. The summed E-state index contributed by atoms with van der Waals surface area (Å²) >= 11 is 0. The van der Waals surface area contributed by atoms with Gasteiger partial charge in [-0.2, -0.15) is 0 Å². The van der Waals surface area contributed by atoms with Gasteiger partial charge < -0.3 is 14.7 Å². The van der Waals surface area contributed by atoms with Gasteiger partial charge in [0, 0.05) is 25.4 Å². The Morgan fingerprint density at radius 1 is 1.33 bits per heavy atom. The molecule has 0 radical (unpaired) electrons. The van der Waals surface area contributed by atoms with E-state index in [1.807, 2.05) is 0 Å². The lowest BCUT2D eigenvalue weighted by Gasteiger charge is -2.41. The van der Waals surface area contributed by atoms with Gasteiger partial charge in [0.2, 0.25) is 0 Å². The first kappa shape index (κ1) is 16.5. The highest BCUT2D eigenvalue weighted by Crippen LogP contribution is 2.25. The van der Waals surface area contributed by atoms with Crippen molar-refractivity contribution < 1.29 is 19.0 Å². The Balaban J connectivity index is 1.79. The van der Waals surface area contributed by atoms with Crippen molar-refractivity contribution in [2.75, 3.05) is 26.3 Å². The van der Waals surface area contributed by atoms with Gasteiger partial charge in [0.25, 0.3) is 5.91 Å². The van der Waals surface area contributed by atoms with Crippen LogP contribution in [0, 0.1) is 5.82 Å². The molecule has 2 aromatic rings. The van der Waals surface area contributed by atoms with Gasteiger partial charge in [-0.15, -0.1) is 0 Å². The van der Waals surface area contributed by atoms with Gasteiger partial charge in [-0.1, -0.05) is 18.2 Å². The van der Waals surface area contributed by atoms with Crippen LogP contribution in [0.25, 0.3) is 0 Å². The van der Waals surface area contributed by atoms with Crippen LogP contribution < -0.4 is 0 Å². The van der Waals surface area contributed by atoms with Crippen LogP contribution in [0.15, 0.2) is 43.0 Å². The molecule has 0 saturated carbocycles. The number of nitrogens with zero attached hydrogens (tertiary/aromatic N) is 3. The standard InChI is InChI=1S/C17H18FN3O3/c18-15-4-2-1-3-13(15)7-17(11-22)10-21(5-6-24-17)16(23)14-8-19-12-20-9-14/h1-4,8-9,12,22H,5-7,10-11H2/t17-/m1/s1. The van der Waals surface area contributed by atoms with Gasteiger partial charge in [-0.05, 0) is 11.6 Å². The van der Waals surface area contributed by atoms with Gasteiger partial charge in [-0.3, -0.25) is 4.79 Å². The summed E-state index contributed by atoms with van der Waals surface area (Å²) in [6.07, 6.45) is 4.43. The second-order valence-corrected chi connectivity index (χ2v) is 5.81. The Labute approximate surface area is 138 Å². The Hall–Kier alpha value is -2.38. The van der Waals surface area contributed by atoms with Crippen molar-refractivity contribution in [2.45, 2.75) is 12.0 Å². The van der Waals surface area contributed by atoms with Crippen LogP contribution in [-0.2, 0) is 11.2 Å². The Morgan fingerprint density at radius 3 is 2.79 bits per heavy atom. The van der Waals surface area contributed by atoms with Crippen molar-refractivity contribution in [1.29, 1.82) is 0 Å². The first-order chi connectivity index (χ1) is 11.6. The zero-order valence-corrected chi connectivity index (χ0v) is 13.1. The molecule has 6 nitrogen and oxygen atoms in total. The molecule has 126 valence electrons. The van der Waals surface area contributed by atoms with Crippen molar-refractivity contribution >= 4 is 5.91 Å². The van der Waals surface area contributed by atoms with Crippen molar-refractivity contribution in [2.24, 2.45) is 0 Å². The third-order valence-corrected chi connectivity index (χ3v) is 4.10. The van der Waals surface area contributed by atoms with Crippen molar-refractivity contribution in [3.8, 4) is 0 Å². The number of amides is 1. The maximum atomic E-state index is 13.9. The number of hydrogen-bond donors (Lipinski definition) is 1. The molecule has 1 saturated heterocycles. The van der Waals surface area contributed by atoms with E-state index in [9.17, 15) is 14.3 Å². The van der Waals surface area contributed by atoms with E-state index in [-0.39, 0.29) is 37.9 Å². The number of rotatable bonds is 4. The number of benzene rings is 1. The van der Waals surface area contributed by atoms with E-state index in [0.717, 1.165) is 0 Å². The smallest absolute Gasteiger partial charge is 0.257 e. The van der Waals surface area contributed by atoms with Crippen LogP contribution in [0.1, 0.15) is 15.9 Å². The number of carbonyl (C=O) groups is 1. The molecule has 1 N–H and O–H groups in total. The molecule has 1 aromatic carbocycles. The van der Waals surface area contributed by atoms with Crippen LogP contribution in [0.2, 0.25) is 0 Å². The van der Waals surface area contributed by atoms with Gasteiger partial charge >= 0.3 is 0 Å². The molecule has 0 spiro atoms. The highest BCUT2D eigenvalue weighted by molar-refractivity contribution is 5.93. The Morgan fingerprint density at radius 2 is 2.08 bits per heavy atom. The van der Waals surface area contributed by atoms with E-state index in [1.165, 1.54) is 24.8 Å². The van der Waals surface area contributed by atoms with Crippen LogP contribution in [0.5, 0.6) is 0 Å². The summed E-state index contributed by atoms with van der Waals surface area (Å²) in [4.78, 5) is 21.8. The highest BCUT2D eigenvalue weighted by Gasteiger charge is 2.39. The summed E-state index contributed by atoms with van der Waals surface area (Å²) in [7, 11) is 0. The molecule has 1 aromatic heterocycles. The Kier molecular flexibility index (Phi) is 4.82. The third-order valence-electron chi connectivity index (χ3n) is 4.10. The SMILES string of the molecule is O=C(c1cncnc1)N1CCO[C@](CO)(Cc2ccccc2F)C1. The van der Waals surface area contributed by atoms with E-state index in [2.05, 4.69) is 9.97 Å². The summed E-state index contributed by atoms with van der Waals surface area (Å²) < 4.78 is 19.7. The van der Waals surface area contributed by atoms with E-state index < -0.39 is 5.60 Å². The topological polar surface area (TPSA) is 75.6 Å². The number of ether oxygens (including phenoxy) is 1. The average molecular weight is 331 g/mol. The molecule has 3 rings (SSSR count). The van der Waals surface area contributed by atoms with E-state index in [1.54, 1.807) is 23.1 Å². The summed E-state index contributed by atoms with van der Waals surface area (Å²) in [6.45, 7) is 0.531. The van der Waals surface area contributed by atoms with E-state index >= 15 is 0 Å². The molecule has 2 heterocycles. The third kappa shape index (κ3) is 3.42. The van der Waals surface area contributed by atoms with Crippen LogP contribution in [-0.4, -0.2) is 57.8 Å². The second-order valence-electron chi connectivity index (χ2n) is 5.81. The molecular weight excluding hydrogens is 313 g/mol. The number of hydrogen-bond acceptors (Lipinski definition) is 5. The first-order valence-corrected chi connectivity index (χ1v) is 7.66. The second kappa shape index (κ2) is 7.02. The van der Waals surface area contributed by atoms with Gasteiger partial charge in [0.15, 0.2) is 0 Å². The zero-order valence-electron chi connectivity index (χ0n) is 13.1. The predicted octanol–water partition coefficient (Wildman–Crippen LogP) is 1.06. The molecule has 1 fully saturated rings. The fraction of sp³-hybridized carbons (Fsp3) is 0.353.